The average Bonchev–Trinajstić information content (AvgIpc) is 3.49. The first-order valence-corrected chi connectivity index (χ1v) is 11.9. The summed E-state index contributed by atoms with van der Waals surface area (Å²) in [7, 11) is 5.10. The summed E-state index contributed by atoms with van der Waals surface area (Å²) in [6, 6.07) is 1.63. The number of aromatic nitrogens is 5. The third kappa shape index (κ3) is 3.95. The molecule has 0 unspecified atom stereocenters. The molecule has 1 aliphatic heterocycles. The van der Waals surface area contributed by atoms with Crippen LogP contribution in [-0.4, -0.2) is 57.4 Å². The van der Waals surface area contributed by atoms with Gasteiger partial charge in [-0.2, -0.15) is 10.1 Å². The number of furan rings is 1. The van der Waals surface area contributed by atoms with Crippen molar-refractivity contribution in [3.8, 4) is 17.0 Å². The number of fused-ring (bicyclic) bond motifs is 3. The molecule has 0 aromatic carbocycles. The molecule has 2 atom stereocenters. The molecule has 0 bridgehead atoms. The normalized spacial score (nSPS) is 18.6. The van der Waals surface area contributed by atoms with Crippen LogP contribution in [0.25, 0.3) is 39.0 Å². The summed E-state index contributed by atoms with van der Waals surface area (Å²) in [5.74, 6) is 0.452. The summed E-state index contributed by atoms with van der Waals surface area (Å²) in [4.78, 5) is 22.9. The van der Waals surface area contributed by atoms with E-state index in [2.05, 4.69) is 22.3 Å². The van der Waals surface area contributed by atoms with Gasteiger partial charge in [-0.1, -0.05) is 6.92 Å². The van der Waals surface area contributed by atoms with E-state index in [-0.39, 0.29) is 17.8 Å². The molecule has 0 aliphatic carbocycles. The van der Waals surface area contributed by atoms with E-state index >= 15 is 0 Å². The van der Waals surface area contributed by atoms with Crippen molar-refractivity contribution in [1.29, 1.82) is 5.41 Å². The minimum Gasteiger partial charge on any atom is -0.494 e. The van der Waals surface area contributed by atoms with Crippen LogP contribution in [0.4, 0.5) is 0 Å². The molecule has 1 aliphatic rings. The Bertz CT molecular complexity index is 1530. The van der Waals surface area contributed by atoms with Gasteiger partial charge in [0.2, 0.25) is 0 Å². The minimum absolute atomic E-state index is 0.0635. The predicted molar refractivity (Wildman–Crippen MR) is 136 cm³/mol. The van der Waals surface area contributed by atoms with E-state index in [0.717, 1.165) is 6.42 Å². The maximum absolute atomic E-state index is 13.6. The Balaban J connectivity index is 1.87. The molecule has 188 valence electrons. The molecule has 0 spiro atoms. The number of hydrogen-bond acceptors (Lipinski definition) is 9. The van der Waals surface area contributed by atoms with Crippen molar-refractivity contribution < 1.29 is 13.9 Å². The number of aryl methyl sites for hydroxylation is 1. The molecule has 0 saturated carbocycles. The smallest absolute Gasteiger partial charge is 0.349 e. The van der Waals surface area contributed by atoms with Crippen molar-refractivity contribution in [3.63, 3.8) is 0 Å². The van der Waals surface area contributed by atoms with Gasteiger partial charge in [0, 0.05) is 62.6 Å². The fourth-order valence-electron chi connectivity index (χ4n) is 4.82. The third-order valence-electron chi connectivity index (χ3n) is 6.56. The van der Waals surface area contributed by atoms with Crippen molar-refractivity contribution in [1.82, 2.24) is 29.6 Å². The first kappa shape index (κ1) is 23.7. The number of pyridine rings is 1. The summed E-state index contributed by atoms with van der Waals surface area (Å²) in [6.45, 7) is 2.64. The molecular weight excluding hydrogens is 462 g/mol. The highest BCUT2D eigenvalue weighted by molar-refractivity contribution is 6.11. The van der Waals surface area contributed by atoms with Crippen LogP contribution in [0.3, 0.4) is 0 Å². The summed E-state index contributed by atoms with van der Waals surface area (Å²) in [6.07, 6.45) is 8.63. The van der Waals surface area contributed by atoms with Crippen LogP contribution in [0.1, 0.15) is 37.9 Å². The molecule has 4 aromatic rings. The highest BCUT2D eigenvalue weighted by Crippen LogP contribution is 2.38. The molecule has 1 fully saturated rings. The largest absolute Gasteiger partial charge is 0.494 e. The summed E-state index contributed by atoms with van der Waals surface area (Å²) in [5, 5.41) is 15.1. The number of rotatable bonds is 7. The topological polar surface area (TPSA) is 133 Å². The Morgan fingerprint density at radius 1 is 1.39 bits per heavy atom. The second-order valence-corrected chi connectivity index (χ2v) is 8.79. The molecule has 11 heteroatoms. The van der Waals surface area contributed by atoms with Crippen LogP contribution in [0.5, 0.6) is 5.75 Å². The van der Waals surface area contributed by atoms with Crippen LogP contribution in [0.2, 0.25) is 0 Å². The van der Waals surface area contributed by atoms with E-state index in [4.69, 9.17) is 24.3 Å². The van der Waals surface area contributed by atoms with Crippen molar-refractivity contribution in [3.05, 3.63) is 40.8 Å². The predicted octanol–water partition coefficient (Wildman–Crippen LogP) is 3.29. The highest BCUT2D eigenvalue weighted by Gasteiger charge is 2.30. The number of ether oxygens (including phenoxy) is 2. The molecule has 1 saturated heterocycles. The summed E-state index contributed by atoms with van der Waals surface area (Å²) >= 11 is 0. The lowest BCUT2D eigenvalue weighted by atomic mass is 10.0. The number of hydrogen-bond donors (Lipinski definition) is 2. The van der Waals surface area contributed by atoms with Crippen molar-refractivity contribution >= 4 is 34.0 Å². The van der Waals surface area contributed by atoms with Gasteiger partial charge < -0.3 is 24.6 Å². The van der Waals surface area contributed by atoms with Crippen molar-refractivity contribution in [2.24, 2.45) is 7.05 Å². The zero-order chi connectivity index (χ0) is 25.4. The number of nitrogens with one attached hydrogen (secondary N) is 2. The average molecular weight is 492 g/mol. The molecular formula is C25H29N7O4. The number of methoxy groups -OCH3 is 1. The fraction of sp³-hybridized carbons (Fsp3) is 0.400. The number of allylic oxidation sites excluding steroid dienone is 1. The first-order valence-electron chi connectivity index (χ1n) is 11.9. The maximum atomic E-state index is 13.6. The Labute approximate surface area is 207 Å². The lowest BCUT2D eigenvalue weighted by molar-refractivity contribution is -0.00710. The van der Waals surface area contributed by atoms with Gasteiger partial charge in [-0.3, -0.25) is 9.25 Å². The van der Waals surface area contributed by atoms with Gasteiger partial charge in [-0.05, 0) is 19.3 Å². The molecule has 2 N–H and O–H groups in total. The third-order valence-corrected chi connectivity index (χ3v) is 6.56. The van der Waals surface area contributed by atoms with E-state index in [9.17, 15) is 4.79 Å². The highest BCUT2D eigenvalue weighted by atomic mass is 16.5. The Morgan fingerprint density at radius 2 is 2.22 bits per heavy atom. The number of nitrogens with zero attached hydrogens (tertiary/aromatic N) is 5. The molecule has 5 rings (SSSR count). The maximum Gasteiger partial charge on any atom is 0.349 e. The SMILES string of the molecule is CC[C@H]1C[C@@H](n2c(=O)nc(-c3cnn(C)c3)c3oc4cc(OC)c(/C(C=N)=C/NC)nc4c32)CCO1. The fourth-order valence-corrected chi connectivity index (χ4v) is 4.82. The van der Waals surface area contributed by atoms with E-state index in [1.165, 1.54) is 6.21 Å². The van der Waals surface area contributed by atoms with Gasteiger partial charge in [0.25, 0.3) is 0 Å². The lowest BCUT2D eigenvalue weighted by Crippen LogP contribution is -2.34. The van der Waals surface area contributed by atoms with E-state index in [1.54, 1.807) is 55.1 Å². The second kappa shape index (κ2) is 9.57. The standard InChI is InChI=1S/C25H29N7O4/c1-5-17-8-16(6-7-35-17)32-23-22-19(9-18(34-4)20(29-22)14(10-26)11-27-2)36-24(23)21(30-25(32)33)15-12-28-31(3)13-15/h9-13,16-17,26-27H,5-8H2,1-4H3/b14-11+,26-10?/t16-,17-/m0/s1. The van der Waals surface area contributed by atoms with Crippen molar-refractivity contribution in [2.45, 2.75) is 38.3 Å². The van der Waals surface area contributed by atoms with E-state index in [1.807, 2.05) is 0 Å². The molecule has 5 heterocycles. The van der Waals surface area contributed by atoms with Gasteiger partial charge in [0.05, 0.1) is 19.4 Å². The molecule has 36 heavy (non-hydrogen) atoms. The van der Waals surface area contributed by atoms with Gasteiger partial charge in [-0.15, -0.1) is 0 Å². The second-order valence-electron chi connectivity index (χ2n) is 8.79. The minimum atomic E-state index is -0.372. The van der Waals surface area contributed by atoms with Gasteiger partial charge >= 0.3 is 5.69 Å². The van der Waals surface area contributed by atoms with Crippen molar-refractivity contribution in [2.75, 3.05) is 20.8 Å². The van der Waals surface area contributed by atoms with Crippen LogP contribution in [0.15, 0.2) is 33.9 Å². The van der Waals surface area contributed by atoms with E-state index in [0.29, 0.717) is 69.9 Å². The lowest BCUT2D eigenvalue weighted by Gasteiger charge is -2.30. The molecule has 0 amide bonds. The molecule has 4 aromatic heterocycles. The van der Waals surface area contributed by atoms with E-state index < -0.39 is 0 Å². The molecule has 0 radical (unpaired) electrons. The van der Waals surface area contributed by atoms with Crippen LogP contribution >= 0.6 is 0 Å². The zero-order valence-corrected chi connectivity index (χ0v) is 20.7. The van der Waals surface area contributed by atoms with Crippen LogP contribution < -0.4 is 15.7 Å². The Morgan fingerprint density at radius 3 is 2.89 bits per heavy atom. The van der Waals surface area contributed by atoms with Gasteiger partial charge in [-0.25, -0.2) is 9.78 Å². The zero-order valence-electron chi connectivity index (χ0n) is 20.7. The monoisotopic (exact) mass is 491 g/mol. The van der Waals surface area contributed by atoms with Gasteiger partial charge in [0.15, 0.2) is 11.2 Å². The quantitative estimate of drug-likeness (QED) is 0.376. The first-order chi connectivity index (χ1) is 17.5. The Kier molecular flexibility index (Phi) is 6.31. The van der Waals surface area contributed by atoms with Crippen LogP contribution in [0, 0.1) is 5.41 Å². The summed E-state index contributed by atoms with van der Waals surface area (Å²) < 4.78 is 21.2. The summed E-state index contributed by atoms with van der Waals surface area (Å²) in [5.41, 5.74) is 3.71. The van der Waals surface area contributed by atoms with Gasteiger partial charge in [0.1, 0.15) is 28.2 Å². The van der Waals surface area contributed by atoms with Crippen LogP contribution in [-0.2, 0) is 11.8 Å². The molecule has 11 nitrogen and oxygen atoms in total. The Hall–Kier alpha value is -3.99.